The summed E-state index contributed by atoms with van der Waals surface area (Å²) >= 11 is 0. The highest BCUT2D eigenvalue weighted by Gasteiger charge is 2.08. The van der Waals surface area contributed by atoms with Crippen molar-refractivity contribution in [3.8, 4) is 0 Å². The van der Waals surface area contributed by atoms with E-state index in [1.165, 1.54) is 12.1 Å². The third-order valence-corrected chi connectivity index (χ3v) is 1.68. The van der Waals surface area contributed by atoms with E-state index < -0.39 is 5.97 Å². The van der Waals surface area contributed by atoms with Crippen molar-refractivity contribution in [1.29, 1.82) is 0 Å². The average Bonchev–Trinajstić information content (AvgIpc) is 1.99. The average molecular weight is 168 g/mol. The largest absolute Gasteiger partial charge is 0.478 e. The Hall–Kier alpha value is -1.38. The Labute approximate surface area is 69.6 Å². The Morgan fingerprint density at radius 1 is 1.33 bits per heavy atom. The van der Waals surface area contributed by atoms with Crippen LogP contribution in [-0.4, -0.2) is 11.1 Å². The second-order valence-electron chi connectivity index (χ2n) is 2.73. The van der Waals surface area contributed by atoms with E-state index in [9.17, 15) is 9.18 Å². The van der Waals surface area contributed by atoms with Crippen molar-refractivity contribution < 1.29 is 14.3 Å². The molecule has 0 heterocycles. The normalized spacial score (nSPS) is 9.92. The van der Waals surface area contributed by atoms with Crippen LogP contribution in [0.15, 0.2) is 12.1 Å². The Morgan fingerprint density at radius 2 is 1.75 bits per heavy atom. The molecule has 0 bridgehead atoms. The molecule has 0 saturated carbocycles. The highest BCUT2D eigenvalue weighted by atomic mass is 19.1. The van der Waals surface area contributed by atoms with Gasteiger partial charge < -0.3 is 5.11 Å². The van der Waals surface area contributed by atoms with Crippen molar-refractivity contribution in [3.05, 3.63) is 34.6 Å². The van der Waals surface area contributed by atoms with Crippen LogP contribution in [0, 0.1) is 19.7 Å². The third-order valence-electron chi connectivity index (χ3n) is 1.68. The number of carbonyl (C=O) groups is 1. The molecule has 1 rings (SSSR count). The van der Waals surface area contributed by atoms with Crippen molar-refractivity contribution in [2.45, 2.75) is 13.8 Å². The van der Waals surface area contributed by atoms with Gasteiger partial charge in [-0.15, -0.1) is 0 Å². The maximum atomic E-state index is 13.0. The van der Waals surface area contributed by atoms with Crippen LogP contribution in [0.25, 0.3) is 0 Å². The Morgan fingerprint density at radius 3 is 2.08 bits per heavy atom. The number of aromatic carboxylic acids is 1. The Bertz CT molecular complexity index is 308. The van der Waals surface area contributed by atoms with Crippen LogP contribution in [0.4, 0.5) is 4.39 Å². The number of hydrogen-bond donors (Lipinski definition) is 1. The molecule has 1 N–H and O–H groups in total. The van der Waals surface area contributed by atoms with Crippen LogP contribution >= 0.6 is 0 Å². The molecule has 0 saturated heterocycles. The second kappa shape index (κ2) is 2.93. The fourth-order valence-corrected chi connectivity index (χ4v) is 1.07. The molecule has 0 spiro atoms. The van der Waals surface area contributed by atoms with E-state index in [1.807, 2.05) is 0 Å². The monoisotopic (exact) mass is 168 g/mol. The minimum Gasteiger partial charge on any atom is -0.478 e. The fraction of sp³-hybridized carbons (Fsp3) is 0.222. The summed E-state index contributed by atoms with van der Waals surface area (Å²) < 4.78 is 13.0. The smallest absolute Gasteiger partial charge is 0.335 e. The molecule has 0 aliphatic carbocycles. The fourth-order valence-electron chi connectivity index (χ4n) is 1.07. The summed E-state index contributed by atoms with van der Waals surface area (Å²) in [5.74, 6) is -1.36. The summed E-state index contributed by atoms with van der Waals surface area (Å²) in [5.41, 5.74) is 0.867. The Kier molecular flexibility index (Phi) is 2.13. The zero-order valence-electron chi connectivity index (χ0n) is 6.89. The van der Waals surface area contributed by atoms with E-state index in [1.54, 1.807) is 13.8 Å². The molecule has 0 amide bonds. The van der Waals surface area contributed by atoms with Gasteiger partial charge in [0.2, 0.25) is 0 Å². The maximum absolute atomic E-state index is 13.0. The van der Waals surface area contributed by atoms with Gasteiger partial charge in [-0.2, -0.15) is 0 Å². The standard InChI is InChI=1S/C9H9FO2/c1-5-3-7(9(11)12)4-6(2)8(5)10/h3-4H,1-2H3,(H,11,12). The summed E-state index contributed by atoms with van der Waals surface area (Å²) in [6, 6.07) is 2.65. The number of carboxylic acid groups (broad SMARTS) is 1. The number of aryl methyl sites for hydroxylation is 2. The lowest BCUT2D eigenvalue weighted by molar-refractivity contribution is 0.0696. The van der Waals surface area contributed by atoms with Crippen molar-refractivity contribution >= 4 is 5.97 Å². The predicted octanol–water partition coefficient (Wildman–Crippen LogP) is 2.14. The zero-order chi connectivity index (χ0) is 9.30. The molecule has 0 aromatic heterocycles. The van der Waals surface area contributed by atoms with Gasteiger partial charge in [0.05, 0.1) is 5.56 Å². The van der Waals surface area contributed by atoms with Gasteiger partial charge in [0.25, 0.3) is 0 Å². The number of rotatable bonds is 1. The quantitative estimate of drug-likeness (QED) is 0.697. The number of benzene rings is 1. The molecule has 2 nitrogen and oxygen atoms in total. The van der Waals surface area contributed by atoms with Crippen LogP contribution in [0.2, 0.25) is 0 Å². The summed E-state index contributed by atoms with van der Waals surface area (Å²) in [6.07, 6.45) is 0. The molecule has 0 radical (unpaired) electrons. The number of hydrogen-bond acceptors (Lipinski definition) is 1. The van der Waals surface area contributed by atoms with Gasteiger partial charge >= 0.3 is 5.97 Å². The molecule has 3 heteroatoms. The zero-order valence-corrected chi connectivity index (χ0v) is 6.89. The first-order valence-electron chi connectivity index (χ1n) is 3.52. The van der Waals surface area contributed by atoms with Gasteiger partial charge in [0.1, 0.15) is 5.82 Å². The molecule has 0 aliphatic heterocycles. The van der Waals surface area contributed by atoms with Gasteiger partial charge in [-0.25, -0.2) is 9.18 Å². The van der Waals surface area contributed by atoms with E-state index >= 15 is 0 Å². The first-order chi connectivity index (χ1) is 5.52. The molecule has 12 heavy (non-hydrogen) atoms. The highest BCUT2D eigenvalue weighted by molar-refractivity contribution is 5.88. The van der Waals surface area contributed by atoms with Gasteiger partial charge in [-0.1, -0.05) is 0 Å². The molecular formula is C9H9FO2. The van der Waals surface area contributed by atoms with Gasteiger partial charge in [-0.3, -0.25) is 0 Å². The predicted molar refractivity (Wildman–Crippen MR) is 42.8 cm³/mol. The summed E-state index contributed by atoms with van der Waals surface area (Å²) in [7, 11) is 0. The number of carboxylic acids is 1. The molecular weight excluding hydrogens is 159 g/mol. The second-order valence-corrected chi connectivity index (χ2v) is 2.73. The van der Waals surface area contributed by atoms with E-state index in [2.05, 4.69) is 0 Å². The van der Waals surface area contributed by atoms with Crippen LogP contribution in [0.3, 0.4) is 0 Å². The highest BCUT2D eigenvalue weighted by Crippen LogP contribution is 2.14. The summed E-state index contributed by atoms with van der Waals surface area (Å²) in [4.78, 5) is 10.5. The molecule has 64 valence electrons. The molecule has 1 aromatic rings. The van der Waals surface area contributed by atoms with E-state index in [0.717, 1.165) is 0 Å². The maximum Gasteiger partial charge on any atom is 0.335 e. The summed E-state index contributed by atoms with van der Waals surface area (Å²) in [6.45, 7) is 3.10. The minimum atomic E-state index is -1.03. The van der Waals surface area contributed by atoms with Crippen molar-refractivity contribution in [2.75, 3.05) is 0 Å². The molecule has 0 unspecified atom stereocenters. The van der Waals surface area contributed by atoms with E-state index in [-0.39, 0.29) is 11.4 Å². The van der Waals surface area contributed by atoms with Crippen molar-refractivity contribution in [3.63, 3.8) is 0 Å². The van der Waals surface area contributed by atoms with Crippen LogP contribution in [0.5, 0.6) is 0 Å². The lowest BCUT2D eigenvalue weighted by atomic mass is 10.1. The molecule has 0 fully saturated rings. The first-order valence-corrected chi connectivity index (χ1v) is 3.52. The number of halogens is 1. The van der Waals surface area contributed by atoms with E-state index in [0.29, 0.717) is 11.1 Å². The van der Waals surface area contributed by atoms with Crippen LogP contribution in [0.1, 0.15) is 21.5 Å². The van der Waals surface area contributed by atoms with Gasteiger partial charge in [0.15, 0.2) is 0 Å². The first kappa shape index (κ1) is 8.71. The van der Waals surface area contributed by atoms with Crippen molar-refractivity contribution in [2.24, 2.45) is 0 Å². The van der Waals surface area contributed by atoms with Crippen LogP contribution < -0.4 is 0 Å². The lowest BCUT2D eigenvalue weighted by Gasteiger charge is -2.02. The van der Waals surface area contributed by atoms with Gasteiger partial charge in [0, 0.05) is 0 Å². The van der Waals surface area contributed by atoms with E-state index in [4.69, 9.17) is 5.11 Å². The topological polar surface area (TPSA) is 37.3 Å². The minimum absolute atomic E-state index is 0.131. The molecule has 1 aromatic carbocycles. The summed E-state index contributed by atoms with van der Waals surface area (Å²) in [5, 5.41) is 8.60. The van der Waals surface area contributed by atoms with Crippen molar-refractivity contribution in [1.82, 2.24) is 0 Å². The molecule has 0 atom stereocenters. The third kappa shape index (κ3) is 1.44. The SMILES string of the molecule is Cc1cc(C(=O)O)cc(C)c1F. The lowest BCUT2D eigenvalue weighted by Crippen LogP contribution is -1.99. The molecule has 0 aliphatic rings. The van der Waals surface area contributed by atoms with Crippen LogP contribution in [-0.2, 0) is 0 Å². The van der Waals surface area contributed by atoms with Gasteiger partial charge in [-0.05, 0) is 37.1 Å². The Balaban J connectivity index is 3.31.